The lowest BCUT2D eigenvalue weighted by Crippen LogP contribution is -2.54. The number of hydrogen-bond acceptors (Lipinski definition) is 5. The van der Waals surface area contributed by atoms with Crippen molar-refractivity contribution in [3.63, 3.8) is 0 Å². The molecule has 0 saturated carbocycles. The van der Waals surface area contributed by atoms with Crippen LogP contribution in [0.3, 0.4) is 0 Å². The quantitative estimate of drug-likeness (QED) is 0.885. The zero-order valence-corrected chi connectivity index (χ0v) is 12.9. The lowest BCUT2D eigenvalue weighted by atomic mass is 9.90. The number of aromatic nitrogens is 1. The van der Waals surface area contributed by atoms with Crippen LogP contribution in [0.15, 0.2) is 18.3 Å². The minimum absolute atomic E-state index is 0.150. The van der Waals surface area contributed by atoms with Gasteiger partial charge in [0.25, 0.3) is 0 Å². The van der Waals surface area contributed by atoms with Gasteiger partial charge >= 0.3 is 0 Å². The number of nitrogens with zero attached hydrogens (tertiary/aromatic N) is 2. The summed E-state index contributed by atoms with van der Waals surface area (Å²) in [7, 11) is 0. The molecule has 2 aliphatic heterocycles. The molecule has 0 aromatic carbocycles. The molecule has 3 heterocycles. The lowest BCUT2D eigenvalue weighted by molar-refractivity contribution is -0.124. The van der Waals surface area contributed by atoms with E-state index in [1.54, 1.807) is 6.20 Å². The minimum atomic E-state index is -0.830. The smallest absolute Gasteiger partial charge is 0.244 e. The SMILES string of the molecule is NC1(C(=O)Nc2ccc(N3CCCCC3)nc2)CCOCC1. The molecule has 1 aromatic heterocycles. The summed E-state index contributed by atoms with van der Waals surface area (Å²) in [5.41, 5.74) is 6.04. The number of piperidine rings is 1. The molecule has 2 aliphatic rings. The number of pyridine rings is 1. The standard InChI is InChI=1S/C16H24N4O2/c17-16(6-10-22-11-7-16)15(21)19-13-4-5-14(18-12-13)20-8-2-1-3-9-20/h4-5,12H,1-3,6-11,17H2,(H,19,21). The zero-order valence-electron chi connectivity index (χ0n) is 12.9. The van der Waals surface area contributed by atoms with Gasteiger partial charge in [0, 0.05) is 26.3 Å². The van der Waals surface area contributed by atoms with Gasteiger partial charge in [-0.1, -0.05) is 0 Å². The van der Waals surface area contributed by atoms with Crippen LogP contribution in [0.5, 0.6) is 0 Å². The predicted molar refractivity (Wildman–Crippen MR) is 85.9 cm³/mol. The van der Waals surface area contributed by atoms with Crippen LogP contribution in [0, 0.1) is 0 Å². The Kier molecular flexibility index (Phi) is 4.59. The van der Waals surface area contributed by atoms with Gasteiger partial charge in [0.05, 0.1) is 11.9 Å². The van der Waals surface area contributed by atoms with Crippen molar-refractivity contribution < 1.29 is 9.53 Å². The first-order valence-corrected chi connectivity index (χ1v) is 8.06. The molecule has 6 heteroatoms. The monoisotopic (exact) mass is 304 g/mol. The van der Waals surface area contributed by atoms with Crippen molar-refractivity contribution in [2.24, 2.45) is 5.73 Å². The fraction of sp³-hybridized carbons (Fsp3) is 0.625. The van der Waals surface area contributed by atoms with Crippen molar-refractivity contribution in [3.05, 3.63) is 18.3 Å². The summed E-state index contributed by atoms with van der Waals surface area (Å²) in [4.78, 5) is 19.1. The average molecular weight is 304 g/mol. The maximum absolute atomic E-state index is 12.3. The second kappa shape index (κ2) is 6.62. The van der Waals surface area contributed by atoms with E-state index < -0.39 is 5.54 Å². The second-order valence-electron chi connectivity index (χ2n) is 6.18. The number of ether oxygens (including phenoxy) is 1. The van der Waals surface area contributed by atoms with Gasteiger partial charge in [0.2, 0.25) is 5.91 Å². The van der Waals surface area contributed by atoms with Crippen molar-refractivity contribution in [3.8, 4) is 0 Å². The molecule has 3 N–H and O–H groups in total. The fourth-order valence-corrected chi connectivity index (χ4v) is 2.99. The van der Waals surface area contributed by atoms with Gasteiger partial charge in [-0.15, -0.1) is 0 Å². The third-order valence-corrected chi connectivity index (χ3v) is 4.52. The van der Waals surface area contributed by atoms with Crippen LogP contribution in [0.4, 0.5) is 11.5 Å². The van der Waals surface area contributed by atoms with Gasteiger partial charge < -0.3 is 20.7 Å². The maximum atomic E-state index is 12.3. The molecule has 0 bridgehead atoms. The van der Waals surface area contributed by atoms with Crippen LogP contribution in [-0.2, 0) is 9.53 Å². The predicted octanol–water partition coefficient (Wildman–Crippen LogP) is 1.52. The zero-order chi connectivity index (χ0) is 15.4. The lowest BCUT2D eigenvalue weighted by Gasteiger charge is -2.31. The number of hydrogen-bond donors (Lipinski definition) is 2. The van der Waals surface area contributed by atoms with Gasteiger partial charge in [-0.05, 0) is 44.2 Å². The molecule has 0 unspecified atom stereocenters. The molecule has 0 aliphatic carbocycles. The van der Waals surface area contributed by atoms with Crippen LogP contribution in [0.25, 0.3) is 0 Å². The van der Waals surface area contributed by atoms with Gasteiger partial charge in [-0.3, -0.25) is 4.79 Å². The summed E-state index contributed by atoms with van der Waals surface area (Å²) in [5.74, 6) is 0.828. The van der Waals surface area contributed by atoms with Gasteiger partial charge in [-0.25, -0.2) is 4.98 Å². The van der Waals surface area contributed by atoms with Crippen molar-refractivity contribution in [2.45, 2.75) is 37.6 Å². The highest BCUT2D eigenvalue weighted by molar-refractivity contribution is 5.98. The summed E-state index contributed by atoms with van der Waals surface area (Å²) in [5, 5.41) is 2.88. The number of anilines is 2. The molecule has 1 amide bonds. The molecule has 1 aromatic rings. The maximum Gasteiger partial charge on any atom is 0.244 e. The van der Waals surface area contributed by atoms with E-state index in [1.807, 2.05) is 12.1 Å². The molecule has 0 atom stereocenters. The Morgan fingerprint density at radius 3 is 2.59 bits per heavy atom. The molecule has 2 fully saturated rings. The largest absolute Gasteiger partial charge is 0.381 e. The van der Waals surface area contributed by atoms with Crippen molar-refractivity contribution in [1.29, 1.82) is 0 Å². The van der Waals surface area contributed by atoms with Crippen molar-refractivity contribution in [2.75, 3.05) is 36.5 Å². The number of carbonyl (C=O) groups excluding carboxylic acids is 1. The molecule has 0 spiro atoms. The van der Waals surface area contributed by atoms with Gasteiger partial charge in [0.1, 0.15) is 11.4 Å². The Balaban J connectivity index is 1.61. The normalized spacial score (nSPS) is 21.4. The summed E-state index contributed by atoms with van der Waals surface area (Å²) in [6.07, 6.45) is 6.56. The Morgan fingerprint density at radius 2 is 1.95 bits per heavy atom. The number of amides is 1. The van der Waals surface area contributed by atoms with Crippen LogP contribution < -0.4 is 16.0 Å². The molecule has 3 rings (SSSR count). The Morgan fingerprint density at radius 1 is 1.23 bits per heavy atom. The average Bonchev–Trinajstić information content (AvgIpc) is 2.57. The van der Waals surface area contributed by atoms with Crippen LogP contribution in [0.1, 0.15) is 32.1 Å². The molecule has 6 nitrogen and oxygen atoms in total. The van der Waals surface area contributed by atoms with E-state index >= 15 is 0 Å². The fourth-order valence-electron chi connectivity index (χ4n) is 2.99. The van der Waals surface area contributed by atoms with E-state index in [4.69, 9.17) is 10.5 Å². The van der Waals surface area contributed by atoms with E-state index in [1.165, 1.54) is 19.3 Å². The Hall–Kier alpha value is -1.66. The van der Waals surface area contributed by atoms with Crippen LogP contribution >= 0.6 is 0 Å². The third kappa shape index (κ3) is 3.39. The van der Waals surface area contributed by atoms with E-state index in [0.717, 1.165) is 18.9 Å². The second-order valence-corrected chi connectivity index (χ2v) is 6.18. The topological polar surface area (TPSA) is 80.5 Å². The summed E-state index contributed by atoms with van der Waals surface area (Å²) >= 11 is 0. The Bertz CT molecular complexity index is 505. The summed E-state index contributed by atoms with van der Waals surface area (Å²) in [6.45, 7) is 3.20. The molecule has 2 saturated heterocycles. The Labute approximate surface area is 131 Å². The molecule has 120 valence electrons. The summed E-state index contributed by atoms with van der Waals surface area (Å²) < 4.78 is 5.27. The highest BCUT2D eigenvalue weighted by atomic mass is 16.5. The highest BCUT2D eigenvalue weighted by Crippen LogP contribution is 2.22. The third-order valence-electron chi connectivity index (χ3n) is 4.52. The molecule has 0 radical (unpaired) electrons. The first kappa shape index (κ1) is 15.2. The van der Waals surface area contributed by atoms with E-state index in [0.29, 0.717) is 31.7 Å². The van der Waals surface area contributed by atoms with Crippen molar-refractivity contribution in [1.82, 2.24) is 4.98 Å². The number of rotatable bonds is 3. The van der Waals surface area contributed by atoms with Crippen molar-refractivity contribution >= 4 is 17.4 Å². The molecular weight excluding hydrogens is 280 g/mol. The highest BCUT2D eigenvalue weighted by Gasteiger charge is 2.35. The van der Waals surface area contributed by atoms with Gasteiger partial charge in [-0.2, -0.15) is 0 Å². The van der Waals surface area contributed by atoms with Crippen LogP contribution in [0.2, 0.25) is 0 Å². The molecule has 22 heavy (non-hydrogen) atoms. The number of nitrogens with two attached hydrogens (primary N) is 1. The van der Waals surface area contributed by atoms with Gasteiger partial charge in [0.15, 0.2) is 0 Å². The van der Waals surface area contributed by atoms with Crippen LogP contribution in [-0.4, -0.2) is 42.7 Å². The minimum Gasteiger partial charge on any atom is -0.381 e. The first-order chi connectivity index (χ1) is 10.7. The van der Waals surface area contributed by atoms with E-state index in [2.05, 4.69) is 15.2 Å². The number of carbonyl (C=O) groups is 1. The van der Waals surface area contributed by atoms with E-state index in [-0.39, 0.29) is 5.91 Å². The summed E-state index contributed by atoms with van der Waals surface area (Å²) in [6, 6.07) is 3.87. The number of nitrogens with one attached hydrogen (secondary N) is 1. The first-order valence-electron chi connectivity index (χ1n) is 8.06. The van der Waals surface area contributed by atoms with E-state index in [9.17, 15) is 4.79 Å². The molecular formula is C16H24N4O2.